The first-order valence-electron chi connectivity index (χ1n) is 8.60. The van der Waals surface area contributed by atoms with Crippen LogP contribution in [0.1, 0.15) is 43.7 Å². The van der Waals surface area contributed by atoms with Gasteiger partial charge < -0.3 is 15.0 Å². The van der Waals surface area contributed by atoms with E-state index in [-0.39, 0.29) is 12.0 Å². The molecule has 2 atom stereocenters. The lowest BCUT2D eigenvalue weighted by molar-refractivity contribution is -0.137. The second-order valence-electron chi connectivity index (χ2n) is 7.21. The molecule has 0 bridgehead atoms. The van der Waals surface area contributed by atoms with Crippen LogP contribution in [0.2, 0.25) is 0 Å². The molecule has 134 valence electrons. The Morgan fingerprint density at radius 2 is 2.08 bits per heavy atom. The van der Waals surface area contributed by atoms with E-state index in [0.29, 0.717) is 24.0 Å². The molecule has 6 heteroatoms. The van der Waals surface area contributed by atoms with Gasteiger partial charge in [0.15, 0.2) is 0 Å². The summed E-state index contributed by atoms with van der Waals surface area (Å²) in [4.78, 5) is 1.82. The van der Waals surface area contributed by atoms with Crippen LogP contribution in [-0.2, 0) is 6.18 Å². The SMILES string of the molecule is CC(C)CCOc1cc2c(c(C(F)(F)F)c1)N(C)C1CCNCC21. The van der Waals surface area contributed by atoms with Crippen molar-refractivity contribution in [1.29, 1.82) is 0 Å². The molecule has 0 amide bonds. The van der Waals surface area contributed by atoms with Crippen LogP contribution in [-0.4, -0.2) is 32.8 Å². The summed E-state index contributed by atoms with van der Waals surface area (Å²) in [5.74, 6) is 0.884. The normalized spacial score (nSPS) is 23.4. The molecule has 2 aliphatic rings. The Labute approximate surface area is 141 Å². The van der Waals surface area contributed by atoms with Crippen LogP contribution in [0.15, 0.2) is 12.1 Å². The molecule has 0 radical (unpaired) electrons. The van der Waals surface area contributed by atoms with E-state index in [0.717, 1.165) is 31.5 Å². The number of piperidine rings is 1. The highest BCUT2D eigenvalue weighted by molar-refractivity contribution is 5.69. The fourth-order valence-electron chi connectivity index (χ4n) is 3.81. The van der Waals surface area contributed by atoms with E-state index in [2.05, 4.69) is 19.2 Å². The van der Waals surface area contributed by atoms with Gasteiger partial charge >= 0.3 is 6.18 Å². The van der Waals surface area contributed by atoms with Gasteiger partial charge in [0.05, 0.1) is 17.9 Å². The first kappa shape index (κ1) is 17.4. The molecule has 1 aromatic rings. The van der Waals surface area contributed by atoms with Gasteiger partial charge in [0.2, 0.25) is 0 Å². The molecular weight excluding hydrogens is 317 g/mol. The van der Waals surface area contributed by atoms with Crippen molar-refractivity contribution in [1.82, 2.24) is 5.32 Å². The number of hydrogen-bond acceptors (Lipinski definition) is 3. The van der Waals surface area contributed by atoms with E-state index in [1.54, 1.807) is 7.05 Å². The number of hydrogen-bond donors (Lipinski definition) is 1. The van der Waals surface area contributed by atoms with Crippen molar-refractivity contribution in [2.24, 2.45) is 5.92 Å². The summed E-state index contributed by atoms with van der Waals surface area (Å²) in [6, 6.07) is 3.12. The number of ether oxygens (including phenoxy) is 1. The largest absolute Gasteiger partial charge is 0.494 e. The summed E-state index contributed by atoms with van der Waals surface area (Å²) in [5, 5.41) is 3.30. The maximum absolute atomic E-state index is 13.6. The molecular formula is C18H25F3N2O. The number of likely N-dealkylation sites (N-methyl/N-ethyl adjacent to an activating group) is 1. The minimum absolute atomic E-state index is 0.0912. The first-order valence-corrected chi connectivity index (χ1v) is 8.60. The topological polar surface area (TPSA) is 24.5 Å². The second-order valence-corrected chi connectivity index (χ2v) is 7.21. The molecule has 1 fully saturated rings. The first-order chi connectivity index (χ1) is 11.3. The number of nitrogens with one attached hydrogen (secondary N) is 1. The number of anilines is 1. The highest BCUT2D eigenvalue weighted by Crippen LogP contribution is 2.50. The zero-order chi connectivity index (χ0) is 17.5. The lowest BCUT2D eigenvalue weighted by Crippen LogP contribution is -2.42. The third-order valence-corrected chi connectivity index (χ3v) is 5.08. The van der Waals surface area contributed by atoms with Gasteiger partial charge in [0.25, 0.3) is 0 Å². The lowest BCUT2D eigenvalue weighted by Gasteiger charge is -2.31. The molecule has 2 aliphatic heterocycles. The van der Waals surface area contributed by atoms with Crippen molar-refractivity contribution in [2.75, 3.05) is 31.6 Å². The standard InChI is InChI=1S/C18H25F3N2O/c1-11(2)5-7-24-12-8-13-14-10-22-6-4-16(14)23(3)17(13)15(9-12)18(19,20)21/h8-9,11,14,16,22H,4-7,10H2,1-3H3. The lowest BCUT2D eigenvalue weighted by atomic mass is 9.89. The Kier molecular flexibility index (Phi) is 4.69. The average molecular weight is 342 g/mol. The van der Waals surface area contributed by atoms with Crippen molar-refractivity contribution in [2.45, 2.75) is 44.8 Å². The third kappa shape index (κ3) is 3.21. The maximum Gasteiger partial charge on any atom is 0.418 e. The molecule has 2 unspecified atom stereocenters. The monoisotopic (exact) mass is 342 g/mol. The van der Waals surface area contributed by atoms with Crippen LogP contribution >= 0.6 is 0 Å². The number of rotatable bonds is 4. The van der Waals surface area contributed by atoms with Crippen molar-refractivity contribution in [3.63, 3.8) is 0 Å². The molecule has 3 rings (SSSR count). The number of halogens is 3. The molecule has 1 N–H and O–H groups in total. The maximum atomic E-state index is 13.6. The molecule has 0 saturated carbocycles. The summed E-state index contributed by atoms with van der Waals surface area (Å²) in [7, 11) is 1.78. The van der Waals surface area contributed by atoms with Crippen LogP contribution in [0.5, 0.6) is 5.75 Å². The smallest absolute Gasteiger partial charge is 0.418 e. The van der Waals surface area contributed by atoms with Gasteiger partial charge in [0, 0.05) is 25.6 Å². The molecule has 1 saturated heterocycles. The highest BCUT2D eigenvalue weighted by atomic mass is 19.4. The molecule has 24 heavy (non-hydrogen) atoms. The molecule has 0 aliphatic carbocycles. The van der Waals surface area contributed by atoms with E-state index < -0.39 is 11.7 Å². The Balaban J connectivity index is 1.98. The van der Waals surface area contributed by atoms with Crippen molar-refractivity contribution in [3.05, 3.63) is 23.3 Å². The van der Waals surface area contributed by atoms with Crippen LogP contribution in [0.3, 0.4) is 0 Å². The number of alkyl halides is 3. The quantitative estimate of drug-likeness (QED) is 0.894. The Morgan fingerprint density at radius 1 is 1.33 bits per heavy atom. The van der Waals surface area contributed by atoms with Crippen molar-refractivity contribution < 1.29 is 17.9 Å². The molecule has 0 aromatic heterocycles. The van der Waals surface area contributed by atoms with E-state index in [4.69, 9.17) is 4.74 Å². The Hall–Kier alpha value is -1.43. The minimum Gasteiger partial charge on any atom is -0.494 e. The Morgan fingerprint density at radius 3 is 2.75 bits per heavy atom. The molecule has 1 aromatic carbocycles. The number of fused-ring (bicyclic) bond motifs is 3. The zero-order valence-electron chi connectivity index (χ0n) is 14.4. The van der Waals surface area contributed by atoms with Crippen LogP contribution in [0, 0.1) is 5.92 Å². The summed E-state index contributed by atoms with van der Waals surface area (Å²) >= 11 is 0. The summed E-state index contributed by atoms with van der Waals surface area (Å²) in [6.07, 6.45) is -2.70. The van der Waals surface area contributed by atoms with Gasteiger partial charge in [-0.05, 0) is 43.0 Å². The number of benzene rings is 1. The minimum atomic E-state index is -4.38. The summed E-state index contributed by atoms with van der Waals surface area (Å²) < 4.78 is 46.5. The predicted octanol–water partition coefficient (Wildman–Crippen LogP) is 4.03. The zero-order valence-corrected chi connectivity index (χ0v) is 14.4. The van der Waals surface area contributed by atoms with Gasteiger partial charge in [-0.3, -0.25) is 0 Å². The van der Waals surface area contributed by atoms with Crippen molar-refractivity contribution in [3.8, 4) is 5.75 Å². The number of nitrogens with zero attached hydrogens (tertiary/aromatic N) is 1. The average Bonchev–Trinajstić information content (AvgIpc) is 2.79. The van der Waals surface area contributed by atoms with Crippen LogP contribution < -0.4 is 15.0 Å². The predicted molar refractivity (Wildman–Crippen MR) is 88.8 cm³/mol. The van der Waals surface area contributed by atoms with Crippen LogP contribution in [0.4, 0.5) is 18.9 Å². The van der Waals surface area contributed by atoms with E-state index >= 15 is 0 Å². The van der Waals surface area contributed by atoms with Gasteiger partial charge in [-0.25, -0.2) is 0 Å². The molecule has 3 nitrogen and oxygen atoms in total. The second kappa shape index (κ2) is 6.47. The Bertz CT molecular complexity index is 601. The summed E-state index contributed by atoms with van der Waals surface area (Å²) in [5.41, 5.74) is 0.526. The van der Waals surface area contributed by atoms with E-state index in [9.17, 15) is 13.2 Å². The van der Waals surface area contributed by atoms with Gasteiger partial charge in [-0.15, -0.1) is 0 Å². The summed E-state index contributed by atoms with van der Waals surface area (Å²) in [6.45, 7) is 6.14. The van der Waals surface area contributed by atoms with Crippen LogP contribution in [0.25, 0.3) is 0 Å². The molecule has 0 spiro atoms. The van der Waals surface area contributed by atoms with Gasteiger partial charge in [-0.2, -0.15) is 13.2 Å². The van der Waals surface area contributed by atoms with E-state index in [1.165, 1.54) is 6.07 Å². The fraction of sp³-hybridized carbons (Fsp3) is 0.667. The fourth-order valence-corrected chi connectivity index (χ4v) is 3.81. The molecule has 2 heterocycles. The third-order valence-electron chi connectivity index (χ3n) is 5.08. The van der Waals surface area contributed by atoms with Gasteiger partial charge in [0.1, 0.15) is 5.75 Å². The van der Waals surface area contributed by atoms with E-state index in [1.807, 2.05) is 11.0 Å². The van der Waals surface area contributed by atoms with Crippen molar-refractivity contribution >= 4 is 5.69 Å². The highest BCUT2D eigenvalue weighted by Gasteiger charge is 2.45. The van der Waals surface area contributed by atoms with Gasteiger partial charge in [-0.1, -0.05) is 13.8 Å².